The van der Waals surface area contributed by atoms with Gasteiger partial charge in [-0.2, -0.15) is 0 Å². The van der Waals surface area contributed by atoms with Crippen molar-refractivity contribution in [1.82, 2.24) is 5.32 Å². The van der Waals surface area contributed by atoms with Gasteiger partial charge < -0.3 is 20.6 Å². The maximum absolute atomic E-state index is 12.4. The number of hydrogen-bond donors (Lipinski definition) is 4. The van der Waals surface area contributed by atoms with Crippen LogP contribution in [0.3, 0.4) is 0 Å². The van der Waals surface area contributed by atoms with E-state index in [-0.39, 0.29) is 6.61 Å². The largest absolute Gasteiger partial charge is 0.394 e. The van der Waals surface area contributed by atoms with Gasteiger partial charge >= 0.3 is 0 Å². The molecule has 290 valence electrons. The van der Waals surface area contributed by atoms with Crippen LogP contribution >= 0.6 is 0 Å². The van der Waals surface area contributed by atoms with E-state index in [2.05, 4.69) is 31.3 Å². The zero-order chi connectivity index (χ0) is 35.9. The van der Waals surface area contributed by atoms with Gasteiger partial charge in [-0.05, 0) is 44.9 Å². The highest BCUT2D eigenvalue weighted by Crippen LogP contribution is 2.15. The quantitative estimate of drug-likeness (QED) is 0.0381. The normalized spacial score (nSPS) is 13.8. The molecule has 0 saturated carbocycles. The Morgan fingerprint density at radius 1 is 0.490 bits per heavy atom. The van der Waals surface area contributed by atoms with Crippen molar-refractivity contribution in [1.29, 1.82) is 0 Å². The molecule has 0 aliphatic heterocycles. The second-order valence-corrected chi connectivity index (χ2v) is 14.9. The van der Waals surface area contributed by atoms with Crippen LogP contribution in [0.4, 0.5) is 0 Å². The Labute approximate surface area is 305 Å². The highest BCUT2D eigenvalue weighted by molar-refractivity contribution is 5.80. The predicted molar refractivity (Wildman–Crippen MR) is 213 cm³/mol. The first-order valence-electron chi connectivity index (χ1n) is 21.7. The summed E-state index contributed by atoms with van der Waals surface area (Å²) in [6.07, 6.45) is 47.8. The summed E-state index contributed by atoms with van der Waals surface area (Å²) < 4.78 is 0. The highest BCUT2D eigenvalue weighted by atomic mass is 16.3. The summed E-state index contributed by atoms with van der Waals surface area (Å²) in [4.78, 5) is 12.4. The van der Waals surface area contributed by atoms with Crippen molar-refractivity contribution in [3.8, 4) is 0 Å². The SMILES string of the molecule is CCCCCCCCCCCC/C=C/C(O)C(CO)NC(=O)C(O)CCCCCCCCC/C=C\CCCCCCCCCCCCCC. The summed E-state index contributed by atoms with van der Waals surface area (Å²) in [6, 6.07) is -0.796. The fourth-order valence-electron chi connectivity index (χ4n) is 6.59. The molecule has 0 fully saturated rings. The molecular formula is C44H85NO4. The van der Waals surface area contributed by atoms with Crippen molar-refractivity contribution < 1.29 is 20.1 Å². The molecule has 0 aromatic heterocycles. The number of allylic oxidation sites excluding steroid dienone is 3. The maximum Gasteiger partial charge on any atom is 0.249 e. The lowest BCUT2D eigenvalue weighted by atomic mass is 10.0. The van der Waals surface area contributed by atoms with E-state index >= 15 is 0 Å². The fourth-order valence-corrected chi connectivity index (χ4v) is 6.59. The third kappa shape index (κ3) is 35.0. The van der Waals surface area contributed by atoms with Crippen LogP contribution in [0.2, 0.25) is 0 Å². The molecule has 0 spiro atoms. The molecule has 3 unspecified atom stereocenters. The van der Waals surface area contributed by atoms with E-state index < -0.39 is 24.2 Å². The van der Waals surface area contributed by atoms with E-state index in [0.717, 1.165) is 32.1 Å². The van der Waals surface area contributed by atoms with Crippen molar-refractivity contribution >= 4 is 5.91 Å². The van der Waals surface area contributed by atoms with E-state index in [0.29, 0.717) is 6.42 Å². The topological polar surface area (TPSA) is 89.8 Å². The van der Waals surface area contributed by atoms with Gasteiger partial charge in [0.1, 0.15) is 6.10 Å². The molecule has 0 aliphatic rings. The smallest absolute Gasteiger partial charge is 0.249 e. The molecule has 1 amide bonds. The summed E-state index contributed by atoms with van der Waals surface area (Å²) in [6.45, 7) is 4.17. The number of amides is 1. The second kappa shape index (κ2) is 39.6. The third-order valence-corrected chi connectivity index (χ3v) is 10.0. The number of hydrogen-bond acceptors (Lipinski definition) is 4. The molecule has 3 atom stereocenters. The molecule has 0 aromatic carbocycles. The Bertz CT molecular complexity index is 724. The van der Waals surface area contributed by atoms with E-state index in [1.54, 1.807) is 6.08 Å². The number of carbonyl (C=O) groups is 1. The first-order valence-corrected chi connectivity index (χ1v) is 21.7. The molecule has 0 saturated heterocycles. The van der Waals surface area contributed by atoms with Crippen LogP contribution < -0.4 is 5.32 Å². The van der Waals surface area contributed by atoms with Gasteiger partial charge in [-0.25, -0.2) is 0 Å². The maximum atomic E-state index is 12.4. The summed E-state index contributed by atoms with van der Waals surface area (Å²) >= 11 is 0. The number of carbonyl (C=O) groups excluding carboxylic acids is 1. The second-order valence-electron chi connectivity index (χ2n) is 14.9. The minimum absolute atomic E-state index is 0.364. The van der Waals surface area contributed by atoms with Gasteiger partial charge in [0, 0.05) is 0 Å². The van der Waals surface area contributed by atoms with E-state index in [9.17, 15) is 20.1 Å². The van der Waals surface area contributed by atoms with Crippen molar-refractivity contribution in [3.05, 3.63) is 24.3 Å². The first-order chi connectivity index (χ1) is 24.1. The average molecular weight is 692 g/mol. The van der Waals surface area contributed by atoms with E-state index in [1.807, 2.05) is 6.08 Å². The number of aliphatic hydroxyl groups is 3. The minimum atomic E-state index is -1.10. The number of rotatable bonds is 39. The molecule has 0 rings (SSSR count). The monoisotopic (exact) mass is 692 g/mol. The van der Waals surface area contributed by atoms with E-state index in [1.165, 1.54) is 173 Å². The van der Waals surface area contributed by atoms with Gasteiger partial charge in [0.2, 0.25) is 5.91 Å². The summed E-state index contributed by atoms with van der Waals surface area (Å²) in [5.74, 6) is -0.506. The van der Waals surface area contributed by atoms with E-state index in [4.69, 9.17) is 0 Å². The standard InChI is InChI=1S/C44H85NO4/c1-3-5-7-9-11-13-15-17-18-19-20-21-22-23-24-25-26-27-29-31-33-35-37-39-43(48)44(49)45-41(40-46)42(47)38-36-34-32-30-28-16-14-12-10-8-6-4-2/h23-24,36,38,41-43,46-48H,3-22,25-35,37,39-40H2,1-2H3,(H,45,49)/b24-23-,38-36+. The van der Waals surface area contributed by atoms with Gasteiger partial charge in [-0.3, -0.25) is 4.79 Å². The Morgan fingerprint density at radius 2 is 0.816 bits per heavy atom. The molecular weight excluding hydrogens is 606 g/mol. The van der Waals surface area contributed by atoms with Gasteiger partial charge in [-0.1, -0.05) is 205 Å². The molecule has 0 aliphatic carbocycles. The molecule has 0 bridgehead atoms. The van der Waals surface area contributed by atoms with Crippen molar-refractivity contribution in [2.45, 2.75) is 244 Å². The lowest BCUT2D eigenvalue weighted by Crippen LogP contribution is -2.48. The van der Waals surface area contributed by atoms with Crippen LogP contribution in [0.1, 0.15) is 226 Å². The van der Waals surface area contributed by atoms with Crippen molar-refractivity contribution in [2.24, 2.45) is 0 Å². The third-order valence-electron chi connectivity index (χ3n) is 10.0. The van der Waals surface area contributed by atoms with Gasteiger partial charge in [0.05, 0.1) is 18.8 Å². The van der Waals surface area contributed by atoms with Crippen LogP contribution in [0, 0.1) is 0 Å². The van der Waals surface area contributed by atoms with Crippen LogP contribution in [-0.2, 0) is 4.79 Å². The van der Waals surface area contributed by atoms with Gasteiger partial charge in [-0.15, -0.1) is 0 Å². The Kier molecular flexibility index (Phi) is 38.7. The molecule has 5 nitrogen and oxygen atoms in total. The van der Waals surface area contributed by atoms with Crippen LogP contribution in [0.15, 0.2) is 24.3 Å². The number of unbranched alkanes of at least 4 members (excludes halogenated alkanes) is 29. The summed E-state index contributed by atoms with van der Waals surface area (Å²) in [7, 11) is 0. The zero-order valence-electron chi connectivity index (χ0n) is 32.8. The molecule has 49 heavy (non-hydrogen) atoms. The van der Waals surface area contributed by atoms with Crippen LogP contribution in [0.5, 0.6) is 0 Å². The number of aliphatic hydroxyl groups excluding tert-OH is 3. The predicted octanol–water partition coefficient (Wildman–Crippen LogP) is 12.2. The lowest BCUT2D eigenvalue weighted by molar-refractivity contribution is -0.131. The molecule has 4 N–H and O–H groups in total. The summed E-state index contributed by atoms with van der Waals surface area (Å²) in [5, 5.41) is 33.0. The molecule has 0 radical (unpaired) electrons. The zero-order valence-corrected chi connectivity index (χ0v) is 32.8. The Morgan fingerprint density at radius 3 is 1.18 bits per heavy atom. The average Bonchev–Trinajstić information content (AvgIpc) is 3.11. The summed E-state index contributed by atoms with van der Waals surface area (Å²) in [5.41, 5.74) is 0. The fraction of sp³-hybridized carbons (Fsp3) is 0.886. The highest BCUT2D eigenvalue weighted by Gasteiger charge is 2.22. The Hall–Kier alpha value is -1.17. The van der Waals surface area contributed by atoms with Crippen LogP contribution in [-0.4, -0.2) is 46.1 Å². The Balaban J connectivity index is 3.63. The van der Waals surface area contributed by atoms with Gasteiger partial charge in [0.25, 0.3) is 0 Å². The van der Waals surface area contributed by atoms with Crippen LogP contribution in [0.25, 0.3) is 0 Å². The van der Waals surface area contributed by atoms with Crippen molar-refractivity contribution in [3.63, 3.8) is 0 Å². The lowest BCUT2D eigenvalue weighted by Gasteiger charge is -2.21. The first kappa shape index (κ1) is 47.8. The molecule has 5 heteroatoms. The van der Waals surface area contributed by atoms with Crippen molar-refractivity contribution in [2.75, 3.05) is 6.61 Å². The van der Waals surface area contributed by atoms with Gasteiger partial charge in [0.15, 0.2) is 0 Å². The molecule has 0 heterocycles. The molecule has 0 aromatic rings. The minimum Gasteiger partial charge on any atom is -0.394 e. The number of nitrogens with one attached hydrogen (secondary N) is 1.